The van der Waals surface area contributed by atoms with Crippen LogP contribution in [0.3, 0.4) is 0 Å². The summed E-state index contributed by atoms with van der Waals surface area (Å²) in [6.45, 7) is 5.87. The van der Waals surface area contributed by atoms with Crippen LogP contribution in [-0.4, -0.2) is 60.4 Å². The number of nitrogens with zero attached hydrogens (tertiary/aromatic N) is 4. The minimum absolute atomic E-state index is 0.109. The second-order valence-corrected chi connectivity index (χ2v) is 8.10. The predicted octanol–water partition coefficient (Wildman–Crippen LogP) is 2.79. The van der Waals surface area contributed by atoms with Crippen LogP contribution >= 0.6 is 0 Å². The first-order valence-electron chi connectivity index (χ1n) is 11.0. The van der Waals surface area contributed by atoms with E-state index in [0.29, 0.717) is 48.4 Å². The molecule has 3 rings (SSSR count). The summed E-state index contributed by atoms with van der Waals surface area (Å²) in [6.07, 6.45) is 0.706. The van der Waals surface area contributed by atoms with Crippen LogP contribution in [0.2, 0.25) is 0 Å². The molecule has 8 nitrogen and oxygen atoms in total. The first kappa shape index (κ1) is 23.9. The number of para-hydroxylation sites is 2. The molecule has 2 aromatic rings. The van der Waals surface area contributed by atoms with Crippen molar-refractivity contribution < 1.29 is 9.59 Å². The maximum Gasteiger partial charge on any atom is 0.225 e. The lowest BCUT2D eigenvalue weighted by molar-refractivity contribution is -0.118. The van der Waals surface area contributed by atoms with Crippen molar-refractivity contribution in [2.45, 2.75) is 25.8 Å². The summed E-state index contributed by atoms with van der Waals surface area (Å²) in [5.41, 5.74) is 1.98. The topological polar surface area (TPSA) is 112 Å². The number of rotatable bonds is 8. The largest absolute Gasteiger partial charge is 0.325 e. The Morgan fingerprint density at radius 2 is 1.39 bits per heavy atom. The molecular formula is C25H28N6O2. The van der Waals surface area contributed by atoms with Crippen LogP contribution in [0.15, 0.2) is 48.5 Å². The van der Waals surface area contributed by atoms with Crippen molar-refractivity contribution in [1.29, 1.82) is 10.5 Å². The number of piperazine rings is 1. The van der Waals surface area contributed by atoms with Crippen LogP contribution < -0.4 is 10.6 Å². The number of nitrogens with one attached hydrogen (secondary N) is 2. The lowest BCUT2D eigenvalue weighted by atomic mass is 10.1. The van der Waals surface area contributed by atoms with Crippen LogP contribution in [0.25, 0.3) is 0 Å². The SMILES string of the molecule is CC1CN(CCC(=O)Nc2ccccc2C#N)CCN1CCC(=O)Nc1ccccc1C#N. The molecule has 1 saturated heterocycles. The Bertz CT molecular complexity index is 1070. The van der Waals surface area contributed by atoms with Crippen LogP contribution in [0.4, 0.5) is 11.4 Å². The quantitative estimate of drug-likeness (QED) is 0.647. The van der Waals surface area contributed by atoms with E-state index in [-0.39, 0.29) is 17.9 Å². The first-order chi connectivity index (χ1) is 16.0. The molecule has 2 amide bonds. The highest BCUT2D eigenvalue weighted by Gasteiger charge is 2.24. The van der Waals surface area contributed by atoms with Gasteiger partial charge in [0.2, 0.25) is 11.8 Å². The van der Waals surface area contributed by atoms with Crippen molar-refractivity contribution in [2.24, 2.45) is 0 Å². The number of carbonyl (C=O) groups is 2. The molecule has 0 aliphatic carbocycles. The van der Waals surface area contributed by atoms with Crippen LogP contribution in [0.1, 0.15) is 30.9 Å². The normalized spacial score (nSPS) is 16.4. The maximum atomic E-state index is 12.3. The minimum Gasteiger partial charge on any atom is -0.325 e. The van der Waals surface area contributed by atoms with Crippen molar-refractivity contribution >= 4 is 23.2 Å². The summed E-state index contributed by atoms with van der Waals surface area (Å²) in [5.74, 6) is -0.219. The standard InChI is InChI=1S/C25H28N6O2/c1-19-18-30(12-10-24(32)28-22-8-4-2-6-20(22)16-26)14-15-31(19)13-11-25(33)29-23-9-5-3-7-21(23)17-27/h2-9,19H,10-15,18H2,1H3,(H,28,32)(H,29,33). The molecule has 2 N–H and O–H groups in total. The Morgan fingerprint density at radius 1 is 0.879 bits per heavy atom. The van der Waals surface area contributed by atoms with Crippen molar-refractivity contribution in [3.63, 3.8) is 0 Å². The summed E-state index contributed by atoms with van der Waals surface area (Å²) in [7, 11) is 0. The first-order valence-corrected chi connectivity index (χ1v) is 11.0. The molecule has 1 aliphatic rings. The van der Waals surface area contributed by atoms with Gasteiger partial charge in [-0.3, -0.25) is 14.5 Å². The van der Waals surface area contributed by atoms with Crippen molar-refractivity contribution in [3.8, 4) is 12.1 Å². The van der Waals surface area contributed by atoms with E-state index in [4.69, 9.17) is 10.5 Å². The molecule has 0 aromatic heterocycles. The van der Waals surface area contributed by atoms with E-state index < -0.39 is 0 Å². The van der Waals surface area contributed by atoms with Crippen LogP contribution in [-0.2, 0) is 9.59 Å². The van der Waals surface area contributed by atoms with Gasteiger partial charge in [-0.05, 0) is 31.2 Å². The van der Waals surface area contributed by atoms with Gasteiger partial charge in [0.15, 0.2) is 0 Å². The zero-order chi connectivity index (χ0) is 23.6. The Labute approximate surface area is 194 Å². The van der Waals surface area contributed by atoms with Crippen molar-refractivity contribution in [3.05, 3.63) is 59.7 Å². The molecule has 1 aliphatic heterocycles. The van der Waals surface area contributed by atoms with Gasteiger partial charge in [-0.1, -0.05) is 24.3 Å². The smallest absolute Gasteiger partial charge is 0.225 e. The highest BCUT2D eigenvalue weighted by molar-refractivity contribution is 5.92. The van der Waals surface area contributed by atoms with Crippen molar-refractivity contribution in [2.75, 3.05) is 43.4 Å². The number of anilines is 2. The lowest BCUT2D eigenvalue weighted by Crippen LogP contribution is -2.52. The Balaban J connectivity index is 1.39. The van der Waals surface area contributed by atoms with E-state index in [9.17, 15) is 9.59 Å². The fourth-order valence-corrected chi connectivity index (χ4v) is 3.92. The lowest BCUT2D eigenvalue weighted by Gasteiger charge is -2.39. The van der Waals surface area contributed by atoms with E-state index in [0.717, 1.165) is 19.6 Å². The molecule has 170 valence electrons. The average Bonchev–Trinajstić information content (AvgIpc) is 2.83. The summed E-state index contributed by atoms with van der Waals surface area (Å²) in [4.78, 5) is 29.2. The summed E-state index contributed by atoms with van der Waals surface area (Å²) >= 11 is 0. The van der Waals surface area contributed by atoms with E-state index in [1.165, 1.54) is 0 Å². The molecule has 8 heteroatoms. The molecule has 1 atom stereocenters. The van der Waals surface area contributed by atoms with Crippen molar-refractivity contribution in [1.82, 2.24) is 9.80 Å². The van der Waals surface area contributed by atoms with E-state index in [1.54, 1.807) is 48.5 Å². The number of nitriles is 2. The number of benzene rings is 2. The second-order valence-electron chi connectivity index (χ2n) is 8.10. The zero-order valence-corrected chi connectivity index (χ0v) is 18.8. The Hall–Kier alpha value is -3.72. The summed E-state index contributed by atoms with van der Waals surface area (Å²) in [5, 5.41) is 23.9. The third-order valence-electron chi connectivity index (χ3n) is 5.77. The monoisotopic (exact) mass is 444 g/mol. The Kier molecular flexibility index (Phi) is 8.54. The van der Waals surface area contributed by atoms with Crippen LogP contribution in [0.5, 0.6) is 0 Å². The highest BCUT2D eigenvalue weighted by atomic mass is 16.2. The molecule has 1 unspecified atom stereocenters. The molecule has 0 bridgehead atoms. The molecule has 0 radical (unpaired) electrons. The maximum absolute atomic E-state index is 12.3. The van der Waals surface area contributed by atoms with Gasteiger partial charge >= 0.3 is 0 Å². The molecule has 33 heavy (non-hydrogen) atoms. The fourth-order valence-electron chi connectivity index (χ4n) is 3.92. The summed E-state index contributed by atoms with van der Waals surface area (Å²) < 4.78 is 0. The third-order valence-corrected chi connectivity index (χ3v) is 5.77. The molecular weight excluding hydrogens is 416 g/mol. The van der Waals surface area contributed by atoms with Gasteiger partial charge in [-0.15, -0.1) is 0 Å². The predicted molar refractivity (Wildman–Crippen MR) is 126 cm³/mol. The van der Waals surface area contributed by atoms with E-state index in [2.05, 4.69) is 39.5 Å². The van der Waals surface area contributed by atoms with Crippen LogP contribution in [0, 0.1) is 22.7 Å². The van der Waals surface area contributed by atoms with E-state index in [1.807, 2.05) is 0 Å². The molecule has 2 aromatic carbocycles. The fraction of sp³-hybridized carbons (Fsp3) is 0.360. The number of hydrogen-bond donors (Lipinski definition) is 2. The molecule has 1 fully saturated rings. The minimum atomic E-state index is -0.110. The van der Waals surface area contributed by atoms with Gasteiger partial charge in [0.1, 0.15) is 12.1 Å². The zero-order valence-electron chi connectivity index (χ0n) is 18.8. The van der Waals surface area contributed by atoms with Gasteiger partial charge in [-0.25, -0.2) is 0 Å². The van der Waals surface area contributed by atoms with Gasteiger partial charge in [0, 0.05) is 51.6 Å². The molecule has 0 saturated carbocycles. The highest BCUT2D eigenvalue weighted by Crippen LogP contribution is 2.16. The third kappa shape index (κ3) is 6.88. The molecule has 1 heterocycles. The average molecular weight is 445 g/mol. The van der Waals surface area contributed by atoms with E-state index >= 15 is 0 Å². The van der Waals surface area contributed by atoms with Gasteiger partial charge in [0.05, 0.1) is 22.5 Å². The number of carbonyl (C=O) groups excluding carboxylic acids is 2. The summed E-state index contributed by atoms with van der Waals surface area (Å²) in [6, 6.07) is 18.4. The van der Waals surface area contributed by atoms with Gasteiger partial charge < -0.3 is 15.5 Å². The van der Waals surface area contributed by atoms with Gasteiger partial charge in [-0.2, -0.15) is 10.5 Å². The number of hydrogen-bond acceptors (Lipinski definition) is 6. The van der Waals surface area contributed by atoms with Gasteiger partial charge in [0.25, 0.3) is 0 Å². The molecule has 0 spiro atoms. The second kappa shape index (κ2) is 11.8. The Morgan fingerprint density at radius 3 is 1.91 bits per heavy atom. The number of amides is 2.